The van der Waals surface area contributed by atoms with Gasteiger partial charge in [0.05, 0.1) is 47.6 Å². The number of nitro benzene ring substituents is 1. The number of hydrogen-bond donors (Lipinski definition) is 2. The number of urea groups is 1. The lowest BCUT2D eigenvalue weighted by molar-refractivity contribution is -0.384. The van der Waals surface area contributed by atoms with E-state index in [0.29, 0.717) is 0 Å². The number of nitrogens with zero attached hydrogens (tertiary/aromatic N) is 1. The number of amides is 2. The van der Waals surface area contributed by atoms with Crippen LogP contribution in [0.2, 0.25) is 0 Å². The van der Waals surface area contributed by atoms with Crippen molar-refractivity contribution in [3.05, 3.63) is 50.7 Å². The van der Waals surface area contributed by atoms with Crippen LogP contribution in [0, 0.1) is 10.1 Å². The third-order valence-electron chi connectivity index (χ3n) is 3.71. The maximum atomic E-state index is 12.3. The Kier molecular flexibility index (Phi) is 6.85. The molecule has 0 atom stereocenters. The number of ether oxygens (including phenoxy) is 3. The van der Waals surface area contributed by atoms with Crippen LogP contribution < -0.4 is 10.6 Å². The second kappa shape index (κ2) is 9.30. The zero-order valence-electron chi connectivity index (χ0n) is 15.5. The number of carbonyl (C=O) groups excluding carboxylic acids is 4. The monoisotopic (exact) mass is 407 g/mol. The Balaban J connectivity index is 2.25. The van der Waals surface area contributed by atoms with Gasteiger partial charge in [-0.25, -0.2) is 19.2 Å². The lowest BCUT2D eigenvalue weighted by atomic mass is 10.1. The highest BCUT2D eigenvalue weighted by Crippen LogP contribution is 2.19. The SMILES string of the molecule is CCOC(=O)C1=C(COC(=O)c2cc(C(=O)OC)cc([N+](=O)[O-])c2)NC(=O)NC1. The molecule has 0 unspecified atom stereocenters. The van der Waals surface area contributed by atoms with Gasteiger partial charge in [0.25, 0.3) is 5.69 Å². The van der Waals surface area contributed by atoms with E-state index in [0.717, 1.165) is 25.3 Å². The van der Waals surface area contributed by atoms with Crippen LogP contribution in [-0.2, 0) is 19.0 Å². The number of hydrogen-bond acceptors (Lipinski definition) is 9. The van der Waals surface area contributed by atoms with Crippen molar-refractivity contribution < 1.29 is 38.3 Å². The van der Waals surface area contributed by atoms with E-state index in [1.165, 1.54) is 0 Å². The van der Waals surface area contributed by atoms with Crippen molar-refractivity contribution in [1.82, 2.24) is 10.6 Å². The minimum atomic E-state index is -1.01. The lowest BCUT2D eigenvalue weighted by Gasteiger charge is -2.21. The van der Waals surface area contributed by atoms with Crippen LogP contribution in [0.15, 0.2) is 29.5 Å². The fourth-order valence-electron chi connectivity index (χ4n) is 2.36. The summed E-state index contributed by atoms with van der Waals surface area (Å²) in [4.78, 5) is 57.8. The molecule has 29 heavy (non-hydrogen) atoms. The zero-order valence-corrected chi connectivity index (χ0v) is 15.5. The van der Waals surface area contributed by atoms with E-state index in [9.17, 15) is 29.3 Å². The van der Waals surface area contributed by atoms with Gasteiger partial charge in [-0.3, -0.25) is 10.1 Å². The summed E-state index contributed by atoms with van der Waals surface area (Å²) in [5.41, 5.74) is -0.928. The molecule has 0 spiro atoms. The highest BCUT2D eigenvalue weighted by molar-refractivity contribution is 5.97. The number of benzene rings is 1. The Morgan fingerprint density at radius 3 is 2.34 bits per heavy atom. The van der Waals surface area contributed by atoms with E-state index in [2.05, 4.69) is 15.4 Å². The van der Waals surface area contributed by atoms with E-state index in [1.807, 2.05) is 0 Å². The van der Waals surface area contributed by atoms with Gasteiger partial charge < -0.3 is 24.8 Å². The second-order valence-electron chi connectivity index (χ2n) is 5.58. The smallest absolute Gasteiger partial charge is 0.338 e. The van der Waals surface area contributed by atoms with Gasteiger partial charge in [-0.15, -0.1) is 0 Å². The Bertz CT molecular complexity index is 907. The normalized spacial score (nSPS) is 13.1. The van der Waals surface area contributed by atoms with Crippen molar-refractivity contribution >= 4 is 29.6 Å². The Hall–Kier alpha value is -3.96. The Morgan fingerprint density at radius 2 is 1.76 bits per heavy atom. The first-order valence-electron chi connectivity index (χ1n) is 8.25. The molecule has 0 fully saturated rings. The number of esters is 3. The van der Waals surface area contributed by atoms with Crippen LogP contribution in [0.4, 0.5) is 10.5 Å². The molecule has 154 valence electrons. The largest absolute Gasteiger partial charge is 0.465 e. The fourth-order valence-corrected chi connectivity index (χ4v) is 2.36. The van der Waals surface area contributed by atoms with Gasteiger partial charge >= 0.3 is 23.9 Å². The minimum Gasteiger partial charge on any atom is -0.465 e. The van der Waals surface area contributed by atoms with Crippen LogP contribution in [0.3, 0.4) is 0 Å². The molecule has 1 aromatic rings. The summed E-state index contributed by atoms with van der Waals surface area (Å²) in [6, 6.07) is 2.35. The molecule has 2 N–H and O–H groups in total. The molecule has 2 amide bonds. The molecule has 0 saturated carbocycles. The average molecular weight is 407 g/mol. The van der Waals surface area contributed by atoms with E-state index in [4.69, 9.17) is 9.47 Å². The minimum absolute atomic E-state index is 0.0131. The summed E-state index contributed by atoms with van der Waals surface area (Å²) in [5, 5.41) is 15.8. The van der Waals surface area contributed by atoms with E-state index >= 15 is 0 Å². The number of methoxy groups -OCH3 is 1. The first-order valence-corrected chi connectivity index (χ1v) is 8.25. The molecule has 0 aromatic heterocycles. The fraction of sp³-hybridized carbons (Fsp3) is 0.294. The predicted molar refractivity (Wildman–Crippen MR) is 94.9 cm³/mol. The molecule has 12 heteroatoms. The summed E-state index contributed by atoms with van der Waals surface area (Å²) in [7, 11) is 1.09. The van der Waals surface area contributed by atoms with Gasteiger partial charge in [-0.05, 0) is 13.0 Å². The van der Waals surface area contributed by atoms with Crippen LogP contribution in [0.25, 0.3) is 0 Å². The molecule has 0 saturated heterocycles. The topological polar surface area (TPSA) is 163 Å². The van der Waals surface area contributed by atoms with Crippen LogP contribution in [0.1, 0.15) is 27.6 Å². The van der Waals surface area contributed by atoms with Crippen molar-refractivity contribution in [2.24, 2.45) is 0 Å². The molecule has 1 aliphatic heterocycles. The van der Waals surface area contributed by atoms with Crippen molar-refractivity contribution in [2.75, 3.05) is 26.9 Å². The number of nitrogens with one attached hydrogen (secondary N) is 2. The van der Waals surface area contributed by atoms with Gasteiger partial charge in [0.15, 0.2) is 0 Å². The standard InChI is InChI=1S/C17H17N3O9/c1-3-28-16(23)12-7-18-17(24)19-13(12)8-29-15(22)10-4-9(14(21)27-2)5-11(6-10)20(25)26/h4-6H,3,7-8H2,1-2H3,(H2,18,19,24). The molecular weight excluding hydrogens is 390 g/mol. The number of non-ortho nitro benzene ring substituents is 1. The summed E-state index contributed by atoms with van der Waals surface area (Å²) >= 11 is 0. The molecule has 0 aliphatic carbocycles. The molecule has 1 aliphatic rings. The van der Waals surface area contributed by atoms with Crippen molar-refractivity contribution in [2.45, 2.75) is 6.92 Å². The van der Waals surface area contributed by atoms with Crippen LogP contribution >= 0.6 is 0 Å². The van der Waals surface area contributed by atoms with Crippen molar-refractivity contribution in [3.8, 4) is 0 Å². The van der Waals surface area contributed by atoms with Crippen molar-refractivity contribution in [1.29, 1.82) is 0 Å². The highest BCUT2D eigenvalue weighted by atomic mass is 16.6. The summed E-state index contributed by atoms with van der Waals surface area (Å²) in [5.74, 6) is -2.59. The first kappa shape index (κ1) is 21.3. The lowest BCUT2D eigenvalue weighted by Crippen LogP contribution is -2.45. The van der Waals surface area contributed by atoms with Gasteiger partial charge in [0, 0.05) is 12.1 Å². The van der Waals surface area contributed by atoms with E-state index < -0.39 is 41.2 Å². The average Bonchev–Trinajstić information content (AvgIpc) is 2.71. The third kappa shape index (κ3) is 5.28. The molecule has 1 aromatic carbocycles. The Labute approximate surface area is 163 Å². The molecule has 0 radical (unpaired) electrons. The number of nitro groups is 1. The number of carbonyl (C=O) groups is 4. The summed E-state index contributed by atoms with van der Waals surface area (Å²) in [6.45, 7) is 1.08. The van der Waals surface area contributed by atoms with Gasteiger partial charge in [-0.2, -0.15) is 0 Å². The maximum absolute atomic E-state index is 12.3. The molecular formula is C17H17N3O9. The summed E-state index contributed by atoms with van der Waals surface area (Å²) in [6.07, 6.45) is 0. The van der Waals surface area contributed by atoms with Gasteiger partial charge in [-0.1, -0.05) is 0 Å². The quantitative estimate of drug-likeness (QED) is 0.286. The Morgan fingerprint density at radius 1 is 1.10 bits per heavy atom. The molecule has 0 bridgehead atoms. The molecule has 2 rings (SSSR count). The zero-order chi connectivity index (χ0) is 21.6. The van der Waals surface area contributed by atoms with Gasteiger partial charge in [0.2, 0.25) is 0 Å². The van der Waals surface area contributed by atoms with Gasteiger partial charge in [0.1, 0.15) is 6.61 Å². The third-order valence-corrected chi connectivity index (χ3v) is 3.71. The van der Waals surface area contributed by atoms with E-state index in [-0.39, 0.29) is 35.5 Å². The van der Waals surface area contributed by atoms with Crippen LogP contribution in [0.5, 0.6) is 0 Å². The second-order valence-corrected chi connectivity index (χ2v) is 5.58. The summed E-state index contributed by atoms with van der Waals surface area (Å²) < 4.78 is 14.4. The maximum Gasteiger partial charge on any atom is 0.338 e. The molecule has 12 nitrogen and oxygen atoms in total. The highest BCUT2D eigenvalue weighted by Gasteiger charge is 2.25. The first-order chi connectivity index (χ1) is 13.8. The number of rotatable bonds is 7. The van der Waals surface area contributed by atoms with Crippen molar-refractivity contribution in [3.63, 3.8) is 0 Å². The van der Waals surface area contributed by atoms with E-state index in [1.54, 1.807) is 6.92 Å². The molecule has 1 heterocycles. The van der Waals surface area contributed by atoms with Crippen LogP contribution in [-0.4, -0.2) is 55.7 Å². The predicted octanol–water partition coefficient (Wildman–Crippen LogP) is 0.668.